The van der Waals surface area contributed by atoms with Crippen LogP contribution >= 0.6 is 11.3 Å². The Morgan fingerprint density at radius 2 is 1.69 bits per heavy atom. The smallest absolute Gasteiger partial charge is 0.232 e. The molecule has 1 aromatic heterocycles. The van der Waals surface area contributed by atoms with Gasteiger partial charge in [-0.05, 0) is 87.8 Å². The summed E-state index contributed by atoms with van der Waals surface area (Å²) in [7, 11) is -3.48. The van der Waals surface area contributed by atoms with Gasteiger partial charge in [-0.2, -0.15) is 0 Å². The molecule has 1 spiro atoms. The third kappa shape index (κ3) is 5.15. The Balaban J connectivity index is 1.27. The van der Waals surface area contributed by atoms with Gasteiger partial charge in [-0.15, -0.1) is 10.2 Å². The molecule has 1 saturated heterocycles. The molecule has 1 fully saturated rings. The van der Waals surface area contributed by atoms with Gasteiger partial charge >= 0.3 is 0 Å². The molecular weight excluding hydrogens is 478 g/mol. The Morgan fingerprint density at radius 1 is 1.00 bits per heavy atom. The van der Waals surface area contributed by atoms with E-state index in [1.54, 1.807) is 6.92 Å². The van der Waals surface area contributed by atoms with E-state index < -0.39 is 9.84 Å². The number of likely N-dealkylation sites (tertiary alicyclic amines) is 1. The number of nitrogens with zero attached hydrogens (tertiary/aromatic N) is 3. The number of sulfone groups is 1. The molecule has 0 atom stereocenters. The summed E-state index contributed by atoms with van der Waals surface area (Å²) in [6, 6.07) is 14.2. The van der Waals surface area contributed by atoms with Crippen molar-refractivity contribution in [3.05, 3.63) is 58.6 Å². The number of hydrogen-bond donors (Lipinski definition) is 0. The zero-order valence-corrected chi connectivity index (χ0v) is 22.5. The topological polar surface area (TPSA) is 72.4 Å². The number of aromatic nitrogens is 2. The number of hydrogen-bond acceptors (Lipinski definition) is 7. The van der Waals surface area contributed by atoms with Crippen LogP contribution in [0.1, 0.15) is 56.2 Å². The first kappa shape index (κ1) is 24.4. The summed E-state index contributed by atoms with van der Waals surface area (Å²) in [4.78, 5) is 2.56. The number of ether oxygens (including phenoxy) is 1. The summed E-state index contributed by atoms with van der Waals surface area (Å²) in [5, 5.41) is 8.28. The molecule has 2 aromatic carbocycles. The monoisotopic (exact) mass is 511 g/mol. The van der Waals surface area contributed by atoms with Gasteiger partial charge in [0.15, 0.2) is 0 Å². The van der Waals surface area contributed by atoms with E-state index in [4.69, 9.17) is 4.74 Å². The molecule has 3 heterocycles. The predicted octanol–water partition coefficient (Wildman–Crippen LogP) is 5.45. The SMILES string of the molecule is Cc1nnc(S(=O)(=O)Cc2ccc(-c3ccc4c(c3)CCC3(CCN(C(C)(C)C)CC3)O4)cc2)s1. The van der Waals surface area contributed by atoms with Crippen LogP contribution in [-0.4, -0.2) is 47.7 Å². The number of aryl methyl sites for hydroxylation is 2. The molecule has 186 valence electrons. The summed E-state index contributed by atoms with van der Waals surface area (Å²) in [6.45, 7) is 10.8. The van der Waals surface area contributed by atoms with Crippen molar-refractivity contribution in [3.8, 4) is 16.9 Å². The van der Waals surface area contributed by atoms with Crippen LogP contribution < -0.4 is 4.74 Å². The van der Waals surface area contributed by atoms with E-state index in [0.29, 0.717) is 5.01 Å². The average Bonchev–Trinajstić information content (AvgIpc) is 3.26. The lowest BCUT2D eigenvalue weighted by molar-refractivity contribution is -0.0355. The second-order valence-electron chi connectivity index (χ2n) is 10.8. The minimum Gasteiger partial charge on any atom is -0.487 e. The van der Waals surface area contributed by atoms with Crippen molar-refractivity contribution in [3.63, 3.8) is 0 Å². The Kier molecular flexibility index (Phi) is 6.26. The molecule has 0 N–H and O–H groups in total. The molecule has 35 heavy (non-hydrogen) atoms. The number of fused-ring (bicyclic) bond motifs is 1. The van der Waals surface area contributed by atoms with Gasteiger partial charge in [0.2, 0.25) is 14.2 Å². The first-order valence-electron chi connectivity index (χ1n) is 12.2. The fourth-order valence-electron chi connectivity index (χ4n) is 5.12. The average molecular weight is 512 g/mol. The minimum atomic E-state index is -3.48. The zero-order valence-electron chi connectivity index (χ0n) is 20.9. The molecule has 3 aromatic rings. The molecule has 0 radical (unpaired) electrons. The van der Waals surface area contributed by atoms with Crippen molar-refractivity contribution in [1.29, 1.82) is 0 Å². The molecule has 6 nitrogen and oxygen atoms in total. The van der Waals surface area contributed by atoms with Crippen LogP contribution in [0.4, 0.5) is 0 Å². The second-order valence-corrected chi connectivity index (χ2v) is 14.2. The van der Waals surface area contributed by atoms with E-state index in [0.717, 1.165) is 72.5 Å². The van der Waals surface area contributed by atoms with Crippen LogP contribution in [0, 0.1) is 6.92 Å². The van der Waals surface area contributed by atoms with E-state index in [2.05, 4.69) is 54.1 Å². The maximum atomic E-state index is 12.6. The molecule has 2 aliphatic heterocycles. The molecule has 2 aliphatic rings. The van der Waals surface area contributed by atoms with Gasteiger partial charge < -0.3 is 4.74 Å². The van der Waals surface area contributed by atoms with E-state index in [9.17, 15) is 8.42 Å². The number of piperidine rings is 1. The van der Waals surface area contributed by atoms with Crippen molar-refractivity contribution in [2.24, 2.45) is 0 Å². The van der Waals surface area contributed by atoms with Crippen LogP contribution in [-0.2, 0) is 22.0 Å². The van der Waals surface area contributed by atoms with Crippen molar-refractivity contribution in [1.82, 2.24) is 15.1 Å². The molecule has 8 heteroatoms. The van der Waals surface area contributed by atoms with E-state index in [1.807, 2.05) is 24.3 Å². The minimum absolute atomic E-state index is 0.0328. The molecule has 0 saturated carbocycles. The predicted molar refractivity (Wildman–Crippen MR) is 140 cm³/mol. The normalized spacial score (nSPS) is 18.3. The van der Waals surface area contributed by atoms with Crippen LogP contribution in [0.2, 0.25) is 0 Å². The van der Waals surface area contributed by atoms with Gasteiger partial charge in [-0.3, -0.25) is 4.90 Å². The number of rotatable bonds is 4. The van der Waals surface area contributed by atoms with E-state index in [1.165, 1.54) is 5.56 Å². The summed E-state index contributed by atoms with van der Waals surface area (Å²) in [5.41, 5.74) is 4.37. The summed E-state index contributed by atoms with van der Waals surface area (Å²) >= 11 is 1.11. The van der Waals surface area contributed by atoms with Crippen molar-refractivity contribution in [2.75, 3.05) is 13.1 Å². The zero-order chi connectivity index (χ0) is 24.8. The van der Waals surface area contributed by atoms with Gasteiger partial charge in [0, 0.05) is 18.6 Å². The highest BCUT2D eigenvalue weighted by Crippen LogP contribution is 2.41. The largest absolute Gasteiger partial charge is 0.487 e. The highest BCUT2D eigenvalue weighted by atomic mass is 32.2. The van der Waals surface area contributed by atoms with Crippen molar-refractivity contribution in [2.45, 2.75) is 74.6 Å². The highest BCUT2D eigenvalue weighted by molar-refractivity contribution is 7.92. The second kappa shape index (κ2) is 8.98. The Bertz CT molecular complexity index is 1320. The third-order valence-electron chi connectivity index (χ3n) is 7.28. The van der Waals surface area contributed by atoms with Crippen molar-refractivity contribution >= 4 is 21.2 Å². The lowest BCUT2D eigenvalue weighted by Crippen LogP contribution is -2.54. The van der Waals surface area contributed by atoms with Gasteiger partial charge in [-0.1, -0.05) is 41.7 Å². The van der Waals surface area contributed by atoms with Crippen LogP contribution in [0.15, 0.2) is 46.8 Å². The highest BCUT2D eigenvalue weighted by Gasteiger charge is 2.41. The fourth-order valence-corrected chi connectivity index (χ4v) is 7.50. The van der Waals surface area contributed by atoms with Gasteiger partial charge in [-0.25, -0.2) is 8.42 Å². The first-order chi connectivity index (χ1) is 16.5. The maximum Gasteiger partial charge on any atom is 0.232 e. The Hall–Kier alpha value is -2.29. The fraction of sp³-hybridized carbons (Fsp3) is 0.481. The van der Waals surface area contributed by atoms with Crippen LogP contribution in [0.25, 0.3) is 11.1 Å². The molecule has 5 rings (SSSR count). The lowest BCUT2D eigenvalue weighted by atomic mass is 9.81. The maximum absolute atomic E-state index is 12.6. The molecular formula is C27H33N3O3S2. The first-order valence-corrected chi connectivity index (χ1v) is 14.7. The summed E-state index contributed by atoms with van der Waals surface area (Å²) < 4.78 is 31.9. The van der Waals surface area contributed by atoms with Crippen LogP contribution in [0.3, 0.4) is 0 Å². The quantitative estimate of drug-likeness (QED) is 0.464. The summed E-state index contributed by atoms with van der Waals surface area (Å²) in [6.07, 6.45) is 4.23. The van der Waals surface area contributed by atoms with E-state index in [-0.39, 0.29) is 21.2 Å². The molecule has 0 amide bonds. The Morgan fingerprint density at radius 3 is 2.31 bits per heavy atom. The van der Waals surface area contributed by atoms with Gasteiger partial charge in [0.1, 0.15) is 16.4 Å². The third-order valence-corrected chi connectivity index (χ3v) is 10.3. The Labute approximate surface area is 212 Å². The van der Waals surface area contributed by atoms with E-state index >= 15 is 0 Å². The lowest BCUT2D eigenvalue weighted by Gasteiger charge is -2.48. The molecule has 0 bridgehead atoms. The molecule has 0 aliphatic carbocycles. The van der Waals surface area contributed by atoms with Crippen LogP contribution in [0.5, 0.6) is 5.75 Å². The molecule has 0 unspecified atom stereocenters. The number of benzene rings is 2. The van der Waals surface area contributed by atoms with Gasteiger partial charge in [0.05, 0.1) is 5.75 Å². The van der Waals surface area contributed by atoms with Gasteiger partial charge in [0.25, 0.3) is 0 Å². The van der Waals surface area contributed by atoms with Crippen molar-refractivity contribution < 1.29 is 13.2 Å². The summed E-state index contributed by atoms with van der Waals surface area (Å²) in [5.74, 6) is 0.938. The standard InChI is InChI=1S/C27H33N3O3S2/c1-19-28-29-25(34-19)35(31,32)18-20-5-7-21(8-6-20)22-9-10-24-23(17-22)11-12-27(33-24)13-15-30(16-14-27)26(2,3)4/h5-10,17H,11-16,18H2,1-4H3.